The third-order valence-electron chi connectivity index (χ3n) is 3.29. The van der Waals surface area contributed by atoms with Crippen molar-refractivity contribution in [2.45, 2.75) is 58.9 Å². The van der Waals surface area contributed by atoms with Crippen molar-refractivity contribution in [2.24, 2.45) is 11.8 Å². The second kappa shape index (κ2) is 12.7. The minimum atomic E-state index is -0.128. The zero-order chi connectivity index (χ0) is 17.0. The molecular weight excluding hydrogens is 282 g/mol. The number of carbonyl (C=O) groups is 2. The van der Waals surface area contributed by atoms with Crippen molar-refractivity contribution in [3.63, 3.8) is 0 Å². The van der Waals surface area contributed by atoms with Gasteiger partial charge in [0.15, 0.2) is 0 Å². The van der Waals surface area contributed by atoms with Crippen molar-refractivity contribution in [3.05, 3.63) is 0 Å². The molecule has 0 bridgehead atoms. The number of Topliss-reactive ketones (excluding diaryl/α,β-unsaturated/α-hetero) is 2. The molecule has 0 aliphatic carbocycles. The molecule has 0 aromatic rings. The summed E-state index contributed by atoms with van der Waals surface area (Å²) >= 11 is 0. The number of ketones is 2. The van der Waals surface area contributed by atoms with Gasteiger partial charge in [-0.15, -0.1) is 0 Å². The Hall–Kier alpha value is -0.780. The van der Waals surface area contributed by atoms with Crippen molar-refractivity contribution in [1.29, 1.82) is 0 Å². The molecule has 0 radical (unpaired) electrons. The Morgan fingerprint density at radius 3 is 2.45 bits per heavy atom. The van der Waals surface area contributed by atoms with Gasteiger partial charge in [-0.25, -0.2) is 0 Å². The predicted molar refractivity (Wildman–Crippen MR) is 87.9 cm³/mol. The highest BCUT2D eigenvalue weighted by atomic mass is 16.5. The van der Waals surface area contributed by atoms with Crippen LogP contribution in [0.4, 0.5) is 0 Å². The number of nitrogens with one attached hydrogen (secondary N) is 1. The van der Waals surface area contributed by atoms with Gasteiger partial charge in [0.25, 0.3) is 0 Å². The zero-order valence-electron chi connectivity index (χ0n) is 14.6. The van der Waals surface area contributed by atoms with E-state index in [9.17, 15) is 9.59 Å². The first-order chi connectivity index (χ1) is 10.4. The molecule has 1 fully saturated rings. The molecule has 1 aliphatic heterocycles. The Balaban J connectivity index is 0.000000980. The van der Waals surface area contributed by atoms with Crippen LogP contribution >= 0.6 is 0 Å². The lowest BCUT2D eigenvalue weighted by Gasteiger charge is -2.09. The van der Waals surface area contributed by atoms with Gasteiger partial charge in [0, 0.05) is 33.0 Å². The van der Waals surface area contributed by atoms with Crippen LogP contribution in [-0.4, -0.2) is 49.6 Å². The summed E-state index contributed by atoms with van der Waals surface area (Å²) in [5.41, 5.74) is 0. The van der Waals surface area contributed by atoms with Crippen LogP contribution in [0.1, 0.15) is 52.9 Å². The number of hydrogen-bond acceptors (Lipinski definition) is 5. The number of methoxy groups -OCH3 is 1. The maximum absolute atomic E-state index is 11.7. The Bertz CT molecular complexity index is 315. The summed E-state index contributed by atoms with van der Waals surface area (Å²) in [5, 5.41) is 11.8. The van der Waals surface area contributed by atoms with E-state index in [1.54, 1.807) is 7.11 Å². The lowest BCUT2D eigenvalue weighted by atomic mass is 9.96. The highest BCUT2D eigenvalue weighted by molar-refractivity contribution is 5.84. The number of hydrogen-bond donors (Lipinski definition) is 2. The van der Waals surface area contributed by atoms with Gasteiger partial charge >= 0.3 is 0 Å². The summed E-state index contributed by atoms with van der Waals surface area (Å²) in [6.07, 6.45) is 2.66. The largest absolute Gasteiger partial charge is 0.396 e. The van der Waals surface area contributed by atoms with E-state index < -0.39 is 0 Å². The fourth-order valence-corrected chi connectivity index (χ4v) is 2.28. The number of aliphatic hydroxyl groups is 1. The fraction of sp³-hybridized carbons (Fsp3) is 0.882. The molecule has 1 rings (SSSR count). The predicted octanol–water partition coefficient (Wildman–Crippen LogP) is 1.96. The molecule has 5 nitrogen and oxygen atoms in total. The Labute approximate surface area is 134 Å². The Morgan fingerprint density at radius 1 is 1.27 bits per heavy atom. The molecule has 0 aromatic heterocycles. The van der Waals surface area contributed by atoms with E-state index in [4.69, 9.17) is 9.84 Å². The highest BCUT2D eigenvalue weighted by Crippen LogP contribution is 2.20. The zero-order valence-corrected chi connectivity index (χ0v) is 14.6. The number of rotatable bonds is 9. The molecule has 1 saturated heterocycles. The Morgan fingerprint density at radius 2 is 1.91 bits per heavy atom. The monoisotopic (exact) mass is 315 g/mol. The van der Waals surface area contributed by atoms with Gasteiger partial charge in [-0.05, 0) is 31.2 Å². The van der Waals surface area contributed by atoms with Gasteiger partial charge in [0.05, 0.1) is 12.6 Å². The lowest BCUT2D eigenvalue weighted by Crippen LogP contribution is -2.30. The van der Waals surface area contributed by atoms with Crippen molar-refractivity contribution < 1.29 is 19.4 Å². The number of carbonyl (C=O) groups excluding carboxylic acids is 2. The van der Waals surface area contributed by atoms with Gasteiger partial charge in [0.2, 0.25) is 0 Å². The van der Waals surface area contributed by atoms with Crippen molar-refractivity contribution in [1.82, 2.24) is 5.32 Å². The van der Waals surface area contributed by atoms with Gasteiger partial charge in [-0.2, -0.15) is 0 Å². The van der Waals surface area contributed by atoms with Gasteiger partial charge in [0.1, 0.15) is 11.6 Å². The highest BCUT2D eigenvalue weighted by Gasteiger charge is 2.29. The van der Waals surface area contributed by atoms with Crippen LogP contribution in [0.5, 0.6) is 0 Å². The smallest absolute Gasteiger partial charge is 0.149 e. The molecule has 5 heteroatoms. The van der Waals surface area contributed by atoms with E-state index in [1.807, 2.05) is 0 Å². The van der Waals surface area contributed by atoms with Crippen molar-refractivity contribution >= 4 is 11.6 Å². The molecule has 0 saturated carbocycles. The molecule has 0 aromatic carbocycles. The molecular formula is C17H33NO4. The summed E-state index contributed by atoms with van der Waals surface area (Å²) in [5.74, 6) is 1.44. The second-order valence-corrected chi connectivity index (χ2v) is 6.57. The maximum Gasteiger partial charge on any atom is 0.149 e. The van der Waals surface area contributed by atoms with Crippen LogP contribution in [0.3, 0.4) is 0 Å². The quantitative estimate of drug-likeness (QED) is 0.680. The Kier molecular flexibility index (Phi) is 12.3. The van der Waals surface area contributed by atoms with Crippen LogP contribution in [0, 0.1) is 11.8 Å². The normalized spacial score (nSPS) is 20.6. The maximum atomic E-state index is 11.7. The lowest BCUT2D eigenvalue weighted by molar-refractivity contribution is -0.122. The molecule has 0 amide bonds. The van der Waals surface area contributed by atoms with Crippen LogP contribution in [0.25, 0.3) is 0 Å². The van der Waals surface area contributed by atoms with Crippen molar-refractivity contribution in [3.8, 4) is 0 Å². The van der Waals surface area contributed by atoms with E-state index in [1.165, 1.54) is 0 Å². The fourth-order valence-electron chi connectivity index (χ4n) is 2.28. The van der Waals surface area contributed by atoms with Gasteiger partial charge < -0.3 is 15.2 Å². The first-order valence-electron chi connectivity index (χ1n) is 8.28. The second-order valence-electron chi connectivity index (χ2n) is 6.57. The van der Waals surface area contributed by atoms with Crippen molar-refractivity contribution in [2.75, 3.05) is 26.9 Å². The first kappa shape index (κ1) is 21.2. The molecule has 2 N–H and O–H groups in total. The molecule has 0 spiro atoms. The van der Waals surface area contributed by atoms with Crippen LogP contribution < -0.4 is 5.32 Å². The van der Waals surface area contributed by atoms with E-state index >= 15 is 0 Å². The summed E-state index contributed by atoms with van der Waals surface area (Å²) < 4.78 is 4.87. The van der Waals surface area contributed by atoms with E-state index in [2.05, 4.69) is 26.1 Å². The third kappa shape index (κ3) is 10.9. The summed E-state index contributed by atoms with van der Waals surface area (Å²) in [4.78, 5) is 23.3. The molecule has 1 heterocycles. The SMILES string of the molecule is CC(C)C.COCCC(=O)C[C@H]1CNC(C(=O)CCCO)C1. The first-order valence-corrected chi connectivity index (χ1v) is 8.28. The minimum Gasteiger partial charge on any atom is -0.396 e. The van der Waals surface area contributed by atoms with Crippen LogP contribution in [0.2, 0.25) is 0 Å². The summed E-state index contributed by atoms with van der Waals surface area (Å²) in [7, 11) is 1.58. The molecule has 130 valence electrons. The van der Waals surface area contributed by atoms with E-state index in [0.717, 1.165) is 18.9 Å². The minimum absolute atomic E-state index is 0.0530. The van der Waals surface area contributed by atoms with Gasteiger partial charge in [-0.3, -0.25) is 9.59 Å². The number of ether oxygens (including phenoxy) is 1. The van der Waals surface area contributed by atoms with E-state index in [-0.39, 0.29) is 30.1 Å². The average Bonchev–Trinajstić information content (AvgIpc) is 2.90. The molecule has 22 heavy (non-hydrogen) atoms. The molecule has 2 atom stereocenters. The summed E-state index contributed by atoms with van der Waals surface area (Å²) in [6.45, 7) is 7.75. The molecule has 1 unspecified atom stereocenters. The van der Waals surface area contributed by atoms with E-state index in [0.29, 0.717) is 32.3 Å². The average molecular weight is 315 g/mol. The van der Waals surface area contributed by atoms with Crippen LogP contribution in [-0.2, 0) is 14.3 Å². The standard InChI is InChI=1S/C13H23NO4.C4H10/c1-18-6-4-11(16)7-10-8-12(14-9-10)13(17)3-2-5-15;1-4(2)3/h10,12,14-15H,2-9H2,1H3;4H,1-3H3/t10-,12?;/m1./s1. The molecule has 1 aliphatic rings. The topological polar surface area (TPSA) is 75.6 Å². The third-order valence-corrected chi connectivity index (χ3v) is 3.29. The van der Waals surface area contributed by atoms with Gasteiger partial charge in [-0.1, -0.05) is 20.8 Å². The van der Waals surface area contributed by atoms with Crippen LogP contribution in [0.15, 0.2) is 0 Å². The summed E-state index contributed by atoms with van der Waals surface area (Å²) in [6, 6.07) is -0.128. The number of aliphatic hydroxyl groups excluding tert-OH is 1.